The number of hydrogen-bond acceptors (Lipinski definition) is 3. The van der Waals surface area contributed by atoms with E-state index in [2.05, 4.69) is 9.72 Å². The number of alkyl halides is 3. The fourth-order valence-electron chi connectivity index (χ4n) is 3.57. The quantitative estimate of drug-likeness (QED) is 0.302. The lowest BCUT2D eigenvalue weighted by Crippen LogP contribution is -2.41. The zero-order valence-electron chi connectivity index (χ0n) is 18.3. The number of hydrogen-bond donors (Lipinski definition) is 0. The maximum Gasteiger partial charge on any atom is 0.573 e. The summed E-state index contributed by atoms with van der Waals surface area (Å²) >= 11 is 6.10. The van der Waals surface area contributed by atoms with Crippen LogP contribution in [0.15, 0.2) is 54.7 Å². The average Bonchev–Trinajstić information content (AvgIpc) is 2.71. The summed E-state index contributed by atoms with van der Waals surface area (Å²) in [6.07, 6.45) is -3.42. The van der Waals surface area contributed by atoms with Crippen LogP contribution in [0, 0.1) is 12.7 Å². The van der Waals surface area contributed by atoms with Gasteiger partial charge in [0.15, 0.2) is 0 Å². The lowest BCUT2D eigenvalue weighted by molar-refractivity contribution is -0.274. The Labute approximate surface area is 193 Å². The number of anilines is 1. The van der Waals surface area contributed by atoms with Gasteiger partial charge in [0.1, 0.15) is 16.7 Å². The number of carbonyl (C=O) groups excluding carboxylic acids is 1. The topological polar surface area (TPSA) is 42.4 Å². The number of pyridine rings is 1. The van der Waals surface area contributed by atoms with Gasteiger partial charge in [-0.15, -0.1) is 13.2 Å². The highest BCUT2D eigenvalue weighted by atomic mass is 35.5. The van der Waals surface area contributed by atoms with Crippen LogP contribution in [0.25, 0.3) is 11.1 Å². The number of benzene rings is 2. The molecule has 0 unspecified atom stereocenters. The molecule has 0 saturated heterocycles. The van der Waals surface area contributed by atoms with Crippen molar-refractivity contribution in [2.75, 3.05) is 11.9 Å². The van der Waals surface area contributed by atoms with Crippen molar-refractivity contribution in [1.82, 2.24) is 4.98 Å². The Morgan fingerprint density at radius 1 is 1.06 bits per heavy atom. The first-order valence-electron chi connectivity index (χ1n) is 9.86. The Bertz CT molecular complexity index is 1200. The van der Waals surface area contributed by atoms with Gasteiger partial charge in [-0.1, -0.05) is 29.8 Å². The van der Waals surface area contributed by atoms with Crippen molar-refractivity contribution in [3.63, 3.8) is 0 Å². The number of aryl methyl sites for hydroxylation is 1. The second kappa shape index (κ2) is 9.02. The van der Waals surface area contributed by atoms with Gasteiger partial charge in [-0.3, -0.25) is 4.79 Å². The summed E-state index contributed by atoms with van der Waals surface area (Å²) in [6, 6.07) is 11.1. The van der Waals surface area contributed by atoms with Crippen LogP contribution in [0.2, 0.25) is 5.15 Å². The van der Waals surface area contributed by atoms with E-state index in [0.29, 0.717) is 27.9 Å². The summed E-state index contributed by atoms with van der Waals surface area (Å²) in [4.78, 5) is 18.9. The molecule has 4 nitrogen and oxygen atoms in total. The lowest BCUT2D eigenvalue weighted by Gasteiger charge is -2.31. The van der Waals surface area contributed by atoms with Crippen LogP contribution < -0.4 is 9.64 Å². The third-order valence-electron chi connectivity index (χ3n) is 5.32. The van der Waals surface area contributed by atoms with Crippen LogP contribution in [-0.4, -0.2) is 24.3 Å². The molecule has 1 amide bonds. The Hall–Kier alpha value is -3.13. The number of halogens is 5. The first-order chi connectivity index (χ1) is 15.3. The monoisotopic (exact) mass is 480 g/mol. The fourth-order valence-corrected chi connectivity index (χ4v) is 3.73. The number of likely N-dealkylation sites (N-methyl/N-ethyl adjacent to an activating group) is 1. The van der Waals surface area contributed by atoms with Crippen molar-refractivity contribution in [2.24, 2.45) is 0 Å². The summed E-state index contributed by atoms with van der Waals surface area (Å²) in [5.41, 5.74) is 1.39. The molecule has 0 aliphatic rings. The Kier molecular flexibility index (Phi) is 6.70. The molecule has 0 saturated carbocycles. The van der Waals surface area contributed by atoms with Gasteiger partial charge < -0.3 is 9.64 Å². The van der Waals surface area contributed by atoms with Crippen molar-refractivity contribution < 1.29 is 27.1 Å². The number of carbonyl (C=O) groups is 1. The Balaban J connectivity index is 2.01. The average molecular weight is 481 g/mol. The number of ether oxygens (including phenoxy) is 1. The largest absolute Gasteiger partial charge is 0.573 e. The molecule has 0 bridgehead atoms. The SMILES string of the molecule is Cc1cc(F)ccc1-c1cc(Cl)ncc1N(C)C(=O)C(C)(C)c1cccc(OC(F)(F)F)c1. The fraction of sp³-hybridized carbons (Fsp3) is 0.250. The second-order valence-corrected chi connectivity index (χ2v) is 8.44. The predicted molar refractivity (Wildman–Crippen MR) is 119 cm³/mol. The van der Waals surface area contributed by atoms with E-state index in [1.807, 2.05) is 0 Å². The number of aromatic nitrogens is 1. The number of amides is 1. The predicted octanol–water partition coefficient (Wildman–Crippen LogP) is 6.69. The van der Waals surface area contributed by atoms with Crippen LogP contribution in [0.3, 0.4) is 0 Å². The lowest BCUT2D eigenvalue weighted by atomic mass is 9.83. The van der Waals surface area contributed by atoms with Crippen LogP contribution >= 0.6 is 11.6 Å². The first-order valence-corrected chi connectivity index (χ1v) is 10.2. The molecule has 0 spiro atoms. The van der Waals surface area contributed by atoms with Crippen LogP contribution in [-0.2, 0) is 10.2 Å². The van der Waals surface area contributed by atoms with E-state index >= 15 is 0 Å². The minimum absolute atomic E-state index is 0.189. The van der Waals surface area contributed by atoms with E-state index < -0.39 is 29.3 Å². The summed E-state index contributed by atoms with van der Waals surface area (Å²) in [7, 11) is 1.54. The molecular weight excluding hydrogens is 460 g/mol. The van der Waals surface area contributed by atoms with Gasteiger partial charge in [0.2, 0.25) is 5.91 Å². The van der Waals surface area contributed by atoms with Crippen molar-refractivity contribution in [3.05, 3.63) is 76.8 Å². The zero-order valence-corrected chi connectivity index (χ0v) is 19.1. The third-order valence-corrected chi connectivity index (χ3v) is 5.52. The van der Waals surface area contributed by atoms with Crippen molar-refractivity contribution >= 4 is 23.2 Å². The molecule has 0 atom stereocenters. The summed E-state index contributed by atoms with van der Waals surface area (Å²) in [6.45, 7) is 4.93. The molecule has 9 heteroatoms. The second-order valence-electron chi connectivity index (χ2n) is 8.05. The third kappa shape index (κ3) is 5.45. The van der Waals surface area contributed by atoms with Gasteiger partial charge in [0.05, 0.1) is 17.3 Å². The maximum absolute atomic E-state index is 13.6. The van der Waals surface area contributed by atoms with E-state index in [9.17, 15) is 22.4 Å². The minimum Gasteiger partial charge on any atom is -0.406 e. The van der Waals surface area contributed by atoms with Crippen LogP contribution in [0.5, 0.6) is 5.75 Å². The minimum atomic E-state index is -4.85. The number of rotatable bonds is 5. The molecular formula is C24H21ClF4N2O2. The van der Waals surface area contributed by atoms with Crippen molar-refractivity contribution in [3.8, 4) is 16.9 Å². The first kappa shape index (κ1) is 24.5. The normalized spacial score (nSPS) is 11.9. The summed E-state index contributed by atoms with van der Waals surface area (Å²) in [5, 5.41) is 0.189. The molecule has 3 rings (SSSR count). The molecule has 174 valence electrons. The summed E-state index contributed by atoms with van der Waals surface area (Å²) in [5.74, 6) is -1.22. The maximum atomic E-state index is 13.6. The Morgan fingerprint density at radius 3 is 2.39 bits per heavy atom. The van der Waals surface area contributed by atoms with Gasteiger partial charge in [-0.2, -0.15) is 0 Å². The summed E-state index contributed by atoms with van der Waals surface area (Å²) < 4.78 is 55.5. The van der Waals surface area contributed by atoms with Crippen molar-refractivity contribution in [2.45, 2.75) is 32.5 Å². The zero-order chi connectivity index (χ0) is 24.6. The highest BCUT2D eigenvalue weighted by Gasteiger charge is 2.36. The van der Waals surface area contributed by atoms with Gasteiger partial charge in [-0.05, 0) is 67.8 Å². The highest BCUT2D eigenvalue weighted by Crippen LogP contribution is 2.37. The van der Waals surface area contributed by atoms with E-state index in [0.717, 1.165) is 0 Å². The molecule has 0 aliphatic heterocycles. The van der Waals surface area contributed by atoms with Gasteiger partial charge in [0, 0.05) is 12.6 Å². The van der Waals surface area contributed by atoms with Crippen LogP contribution in [0.4, 0.5) is 23.2 Å². The molecule has 2 aromatic carbocycles. The molecule has 3 aromatic rings. The van der Waals surface area contributed by atoms with E-state index in [-0.39, 0.29) is 5.15 Å². The van der Waals surface area contributed by atoms with E-state index in [4.69, 9.17) is 11.6 Å². The van der Waals surface area contributed by atoms with Gasteiger partial charge in [-0.25, -0.2) is 9.37 Å². The van der Waals surface area contributed by atoms with Gasteiger partial charge >= 0.3 is 6.36 Å². The van der Waals surface area contributed by atoms with Crippen LogP contribution in [0.1, 0.15) is 25.0 Å². The molecule has 0 fully saturated rings. The molecule has 33 heavy (non-hydrogen) atoms. The molecule has 1 heterocycles. The number of nitrogens with zero attached hydrogens (tertiary/aromatic N) is 2. The molecule has 0 N–H and O–H groups in total. The molecule has 0 aliphatic carbocycles. The Morgan fingerprint density at radius 2 is 1.76 bits per heavy atom. The van der Waals surface area contributed by atoms with Crippen molar-refractivity contribution in [1.29, 1.82) is 0 Å². The molecule has 1 aromatic heterocycles. The molecule has 0 radical (unpaired) electrons. The standard InChI is InChI=1S/C24H21ClF4N2O2/c1-14-10-16(26)8-9-18(14)19-12-21(25)30-13-20(19)31(4)22(32)23(2,3)15-6-5-7-17(11-15)33-24(27,28)29/h5-13H,1-4H3. The van der Waals surface area contributed by atoms with E-state index in [1.165, 1.54) is 48.5 Å². The smallest absolute Gasteiger partial charge is 0.406 e. The van der Waals surface area contributed by atoms with Gasteiger partial charge in [0.25, 0.3) is 0 Å². The highest BCUT2D eigenvalue weighted by molar-refractivity contribution is 6.29. The van der Waals surface area contributed by atoms with E-state index in [1.54, 1.807) is 39.0 Å².